The van der Waals surface area contributed by atoms with Crippen LogP contribution in [0.25, 0.3) is 0 Å². The summed E-state index contributed by atoms with van der Waals surface area (Å²) in [5, 5.41) is 13.0. The van der Waals surface area contributed by atoms with Gasteiger partial charge >= 0.3 is 0 Å². The van der Waals surface area contributed by atoms with Crippen molar-refractivity contribution in [3.8, 4) is 0 Å². The van der Waals surface area contributed by atoms with Crippen LogP contribution in [0.4, 0.5) is 0 Å². The second-order valence-electron chi connectivity index (χ2n) is 5.14. The van der Waals surface area contributed by atoms with Crippen molar-refractivity contribution in [2.75, 3.05) is 12.9 Å². The van der Waals surface area contributed by atoms with E-state index in [9.17, 15) is 5.11 Å². The summed E-state index contributed by atoms with van der Waals surface area (Å²) >= 11 is 1.72. The maximum Gasteiger partial charge on any atom is 0.0564 e. The van der Waals surface area contributed by atoms with Gasteiger partial charge in [-0.25, -0.2) is 0 Å². The zero-order valence-electron chi connectivity index (χ0n) is 11.2. The Morgan fingerprint density at radius 3 is 2.50 bits per heavy atom. The molecular weight excluding hydrogens is 242 g/mol. The summed E-state index contributed by atoms with van der Waals surface area (Å²) < 4.78 is 0. The van der Waals surface area contributed by atoms with E-state index in [-0.39, 0.29) is 11.9 Å². The maximum absolute atomic E-state index is 9.24. The number of hydrogen-bond acceptors (Lipinski definition) is 3. The average molecular weight is 265 g/mol. The second-order valence-corrected chi connectivity index (χ2v) is 6.22. The smallest absolute Gasteiger partial charge is 0.0564 e. The third-order valence-electron chi connectivity index (χ3n) is 3.70. The lowest BCUT2D eigenvalue weighted by atomic mass is 10.1. The lowest BCUT2D eigenvalue weighted by Crippen LogP contribution is -2.37. The zero-order valence-corrected chi connectivity index (χ0v) is 12.0. The Morgan fingerprint density at radius 1 is 1.33 bits per heavy atom. The van der Waals surface area contributed by atoms with E-state index in [2.05, 4.69) is 36.5 Å². The molecule has 0 aromatic heterocycles. The lowest BCUT2D eigenvalue weighted by molar-refractivity contribution is 0.276. The molecular formula is C15H23NOS. The second kappa shape index (κ2) is 6.60. The molecule has 2 rings (SSSR count). The van der Waals surface area contributed by atoms with Crippen molar-refractivity contribution in [2.24, 2.45) is 0 Å². The van der Waals surface area contributed by atoms with Crippen molar-refractivity contribution in [3.63, 3.8) is 0 Å². The molecule has 3 heteroatoms. The van der Waals surface area contributed by atoms with Crippen LogP contribution < -0.4 is 5.32 Å². The van der Waals surface area contributed by atoms with E-state index in [1.54, 1.807) is 11.8 Å². The van der Waals surface area contributed by atoms with Crippen LogP contribution in [0.2, 0.25) is 0 Å². The predicted molar refractivity (Wildman–Crippen MR) is 79.1 cm³/mol. The van der Waals surface area contributed by atoms with Crippen molar-refractivity contribution in [2.45, 2.75) is 43.5 Å². The van der Waals surface area contributed by atoms with Crippen molar-refractivity contribution < 1.29 is 5.11 Å². The van der Waals surface area contributed by atoms with Gasteiger partial charge in [0.05, 0.1) is 6.61 Å². The van der Waals surface area contributed by atoms with E-state index in [1.165, 1.54) is 24.0 Å². The molecule has 1 aliphatic rings. The van der Waals surface area contributed by atoms with Crippen LogP contribution in [-0.2, 0) is 6.54 Å². The zero-order chi connectivity index (χ0) is 13.0. The Kier molecular flexibility index (Phi) is 5.10. The minimum absolute atomic E-state index is 0.232. The van der Waals surface area contributed by atoms with Crippen LogP contribution in [0, 0.1) is 0 Å². The number of nitrogens with one attached hydrogen (secondary N) is 1. The van der Waals surface area contributed by atoms with Gasteiger partial charge in [-0.05, 0) is 43.1 Å². The Bertz CT molecular complexity index is 357. The molecule has 2 unspecified atom stereocenters. The molecule has 18 heavy (non-hydrogen) atoms. The number of hydrogen-bond donors (Lipinski definition) is 2. The molecule has 0 spiro atoms. The van der Waals surface area contributed by atoms with Crippen molar-refractivity contribution in [1.29, 1.82) is 0 Å². The number of aliphatic hydroxyl groups is 1. The van der Waals surface area contributed by atoms with Gasteiger partial charge in [0.2, 0.25) is 0 Å². The van der Waals surface area contributed by atoms with E-state index in [4.69, 9.17) is 0 Å². The fraction of sp³-hybridized carbons (Fsp3) is 0.600. The molecule has 1 aromatic rings. The predicted octanol–water partition coefficient (Wildman–Crippen LogP) is 2.77. The summed E-state index contributed by atoms with van der Waals surface area (Å²) in [6, 6.07) is 9.29. The van der Waals surface area contributed by atoms with E-state index >= 15 is 0 Å². The standard InChI is InChI=1S/C15H23NOS/c1-11(15(10-17)18-2)16-9-12-3-5-13(6-4-12)14-7-8-14/h3-6,11,14-17H,7-10H2,1-2H3. The first-order chi connectivity index (χ1) is 8.74. The van der Waals surface area contributed by atoms with E-state index < -0.39 is 0 Å². The molecule has 0 radical (unpaired) electrons. The summed E-state index contributed by atoms with van der Waals surface area (Å²) in [6.07, 6.45) is 4.77. The molecule has 2 nitrogen and oxygen atoms in total. The molecule has 1 fully saturated rings. The number of thioether (sulfide) groups is 1. The monoisotopic (exact) mass is 265 g/mol. The highest BCUT2D eigenvalue weighted by atomic mass is 32.2. The molecule has 1 saturated carbocycles. The third-order valence-corrected chi connectivity index (χ3v) is 4.86. The Hall–Kier alpha value is -0.510. The summed E-state index contributed by atoms with van der Waals surface area (Å²) in [5.41, 5.74) is 2.81. The van der Waals surface area contributed by atoms with Gasteiger partial charge in [0.25, 0.3) is 0 Å². The summed E-state index contributed by atoms with van der Waals surface area (Å²) in [4.78, 5) is 0. The summed E-state index contributed by atoms with van der Waals surface area (Å²) in [5.74, 6) is 0.834. The molecule has 1 aromatic carbocycles. The third kappa shape index (κ3) is 3.74. The van der Waals surface area contributed by atoms with Crippen LogP contribution in [0.5, 0.6) is 0 Å². The Balaban J connectivity index is 1.81. The minimum atomic E-state index is 0.232. The molecule has 0 bridgehead atoms. The minimum Gasteiger partial charge on any atom is -0.395 e. The van der Waals surface area contributed by atoms with Crippen molar-refractivity contribution in [3.05, 3.63) is 35.4 Å². The first-order valence-electron chi connectivity index (χ1n) is 6.70. The fourth-order valence-electron chi connectivity index (χ4n) is 2.17. The first kappa shape index (κ1) is 13.9. The Labute approximate surface area is 114 Å². The quantitative estimate of drug-likeness (QED) is 0.795. The molecule has 0 saturated heterocycles. The maximum atomic E-state index is 9.24. The summed E-state index contributed by atoms with van der Waals surface area (Å²) in [7, 11) is 0. The summed E-state index contributed by atoms with van der Waals surface area (Å²) in [6.45, 7) is 3.25. The van der Waals surface area contributed by atoms with Gasteiger partial charge in [0, 0.05) is 17.8 Å². The van der Waals surface area contributed by atoms with E-state index in [0.717, 1.165) is 12.5 Å². The molecule has 0 amide bonds. The van der Waals surface area contributed by atoms with Gasteiger partial charge in [-0.15, -0.1) is 0 Å². The number of rotatable bonds is 7. The van der Waals surface area contributed by atoms with Crippen LogP contribution in [0.1, 0.15) is 36.8 Å². The highest BCUT2D eigenvalue weighted by molar-refractivity contribution is 7.99. The lowest BCUT2D eigenvalue weighted by Gasteiger charge is -2.21. The molecule has 100 valence electrons. The highest BCUT2D eigenvalue weighted by Crippen LogP contribution is 2.39. The highest BCUT2D eigenvalue weighted by Gasteiger charge is 2.22. The SMILES string of the molecule is CSC(CO)C(C)NCc1ccc(C2CC2)cc1. The van der Waals surface area contributed by atoms with Gasteiger partial charge in [0.15, 0.2) is 0 Å². The van der Waals surface area contributed by atoms with Crippen LogP contribution in [0.3, 0.4) is 0 Å². The molecule has 2 N–H and O–H groups in total. The fourth-order valence-corrected chi connectivity index (χ4v) is 2.82. The van der Waals surface area contributed by atoms with Crippen LogP contribution in [-0.4, -0.2) is 29.3 Å². The van der Waals surface area contributed by atoms with Crippen LogP contribution in [0.15, 0.2) is 24.3 Å². The first-order valence-corrected chi connectivity index (χ1v) is 7.99. The number of benzene rings is 1. The van der Waals surface area contributed by atoms with Crippen LogP contribution >= 0.6 is 11.8 Å². The van der Waals surface area contributed by atoms with E-state index in [0.29, 0.717) is 6.04 Å². The largest absolute Gasteiger partial charge is 0.395 e. The van der Waals surface area contributed by atoms with Crippen molar-refractivity contribution in [1.82, 2.24) is 5.32 Å². The van der Waals surface area contributed by atoms with E-state index in [1.807, 2.05) is 6.26 Å². The Morgan fingerprint density at radius 2 is 2.00 bits per heavy atom. The normalized spacial score (nSPS) is 18.6. The number of aliphatic hydroxyl groups excluding tert-OH is 1. The van der Waals surface area contributed by atoms with Gasteiger partial charge in [-0.2, -0.15) is 11.8 Å². The van der Waals surface area contributed by atoms with Gasteiger partial charge in [-0.3, -0.25) is 0 Å². The molecule has 0 aliphatic heterocycles. The topological polar surface area (TPSA) is 32.3 Å². The van der Waals surface area contributed by atoms with Crippen molar-refractivity contribution >= 4 is 11.8 Å². The van der Waals surface area contributed by atoms with Gasteiger partial charge in [-0.1, -0.05) is 24.3 Å². The van der Waals surface area contributed by atoms with Gasteiger partial charge < -0.3 is 10.4 Å². The average Bonchev–Trinajstić information content (AvgIpc) is 3.23. The molecule has 0 heterocycles. The van der Waals surface area contributed by atoms with Gasteiger partial charge in [0.1, 0.15) is 0 Å². The molecule has 1 aliphatic carbocycles. The molecule has 2 atom stereocenters.